The third-order valence-corrected chi connectivity index (χ3v) is 8.58. The molecule has 6 heteroatoms. The molecule has 0 N–H and O–H groups in total. The molecule has 1 aliphatic rings. The van der Waals surface area contributed by atoms with Gasteiger partial charge in [-0.2, -0.15) is 0 Å². The molecule has 140 valence electrons. The molecule has 1 aliphatic carbocycles. The van der Waals surface area contributed by atoms with Gasteiger partial charge in [0.1, 0.15) is 0 Å². The van der Waals surface area contributed by atoms with Crippen LogP contribution >= 0.6 is 0 Å². The van der Waals surface area contributed by atoms with Crippen molar-refractivity contribution in [1.29, 1.82) is 0 Å². The van der Waals surface area contributed by atoms with Crippen LogP contribution in [0.2, 0.25) is 0 Å². The molecule has 0 heterocycles. The van der Waals surface area contributed by atoms with Crippen molar-refractivity contribution in [3.63, 3.8) is 0 Å². The highest BCUT2D eigenvalue weighted by atomic mass is 32.2. The summed E-state index contributed by atoms with van der Waals surface area (Å²) in [5.74, 6) is -0.172. The lowest BCUT2D eigenvalue weighted by molar-refractivity contribution is 0.197. The minimum Gasteiger partial charge on any atom is -0.228 e. The molecule has 4 nitrogen and oxygen atoms in total. The van der Waals surface area contributed by atoms with Crippen molar-refractivity contribution in [3.8, 4) is 0 Å². The molecule has 2 aromatic carbocycles. The molecule has 0 spiro atoms. The highest BCUT2D eigenvalue weighted by molar-refractivity contribution is 7.91. The lowest BCUT2D eigenvalue weighted by Gasteiger charge is -2.41. The van der Waals surface area contributed by atoms with Crippen molar-refractivity contribution in [3.05, 3.63) is 71.8 Å². The molecule has 0 bridgehead atoms. The predicted octanol–water partition coefficient (Wildman–Crippen LogP) is 3.39. The molecule has 0 atom stereocenters. The van der Waals surface area contributed by atoms with Crippen LogP contribution in [-0.4, -0.2) is 28.3 Å². The van der Waals surface area contributed by atoms with E-state index in [1.165, 1.54) is 0 Å². The maximum absolute atomic E-state index is 12.7. The van der Waals surface area contributed by atoms with Gasteiger partial charge in [0.15, 0.2) is 19.7 Å². The Labute approximate surface area is 156 Å². The van der Waals surface area contributed by atoms with Crippen LogP contribution in [-0.2, 0) is 31.2 Å². The fraction of sp³-hybridized carbons (Fsp3) is 0.400. The maximum Gasteiger partial charge on any atom is 0.155 e. The molecule has 3 rings (SSSR count). The quantitative estimate of drug-likeness (QED) is 0.691. The van der Waals surface area contributed by atoms with Crippen LogP contribution in [0, 0.1) is 5.41 Å². The number of sulfone groups is 2. The van der Waals surface area contributed by atoms with Crippen LogP contribution < -0.4 is 0 Å². The highest BCUT2D eigenvalue weighted by Crippen LogP contribution is 2.44. The normalized spacial score (nSPS) is 16.8. The Morgan fingerprint density at radius 2 is 1.04 bits per heavy atom. The SMILES string of the molecule is O=S(=O)(Cc1ccccc1)CC1(CS(=O)(=O)Cc2ccccc2)CCC1. The summed E-state index contributed by atoms with van der Waals surface area (Å²) in [5, 5.41) is 0. The molecule has 1 fully saturated rings. The smallest absolute Gasteiger partial charge is 0.155 e. The summed E-state index contributed by atoms with van der Waals surface area (Å²) >= 11 is 0. The van der Waals surface area contributed by atoms with E-state index in [2.05, 4.69) is 0 Å². The Kier molecular flexibility index (Phi) is 5.53. The van der Waals surface area contributed by atoms with E-state index in [0.717, 1.165) is 17.5 Å². The molecular formula is C20H24O4S2. The summed E-state index contributed by atoms with van der Waals surface area (Å²) in [6.45, 7) is 0. The summed E-state index contributed by atoms with van der Waals surface area (Å²) in [4.78, 5) is 0. The second-order valence-corrected chi connectivity index (χ2v) is 11.5. The van der Waals surface area contributed by atoms with E-state index in [1.54, 1.807) is 24.3 Å². The van der Waals surface area contributed by atoms with E-state index in [4.69, 9.17) is 0 Å². The van der Waals surface area contributed by atoms with Crippen LogP contribution in [0.15, 0.2) is 60.7 Å². The van der Waals surface area contributed by atoms with Gasteiger partial charge < -0.3 is 0 Å². The first-order valence-electron chi connectivity index (χ1n) is 8.76. The van der Waals surface area contributed by atoms with Crippen LogP contribution in [0.5, 0.6) is 0 Å². The molecule has 0 amide bonds. The van der Waals surface area contributed by atoms with Gasteiger partial charge >= 0.3 is 0 Å². The van der Waals surface area contributed by atoms with Crippen molar-refractivity contribution in [2.75, 3.05) is 11.5 Å². The first kappa shape index (κ1) is 19.1. The molecule has 0 radical (unpaired) electrons. The Morgan fingerprint density at radius 3 is 1.35 bits per heavy atom. The molecular weight excluding hydrogens is 368 g/mol. The molecule has 0 unspecified atom stereocenters. The van der Waals surface area contributed by atoms with Gasteiger partial charge in [-0.3, -0.25) is 0 Å². The Morgan fingerprint density at radius 1 is 0.654 bits per heavy atom. The fourth-order valence-corrected chi connectivity index (χ4v) is 8.08. The standard InChI is InChI=1S/C20H24O4S2/c21-25(22,14-18-8-3-1-4-9-18)16-20(12-7-13-20)17-26(23,24)15-19-10-5-2-6-11-19/h1-6,8-11H,7,12-17H2. The van der Waals surface area contributed by atoms with Gasteiger partial charge in [-0.25, -0.2) is 16.8 Å². The van der Waals surface area contributed by atoms with Crippen LogP contribution in [0.4, 0.5) is 0 Å². The zero-order valence-electron chi connectivity index (χ0n) is 14.7. The average Bonchev–Trinajstić information content (AvgIpc) is 2.53. The summed E-state index contributed by atoms with van der Waals surface area (Å²) in [6.07, 6.45) is 2.21. The third kappa shape index (κ3) is 5.17. The second kappa shape index (κ2) is 7.53. The summed E-state index contributed by atoms with van der Waals surface area (Å²) < 4.78 is 50.6. The second-order valence-electron chi connectivity index (χ2n) is 7.39. The van der Waals surface area contributed by atoms with Crippen molar-refractivity contribution in [2.45, 2.75) is 30.8 Å². The van der Waals surface area contributed by atoms with Crippen molar-refractivity contribution in [1.82, 2.24) is 0 Å². The van der Waals surface area contributed by atoms with Gasteiger partial charge in [0.2, 0.25) is 0 Å². The first-order valence-corrected chi connectivity index (χ1v) is 12.4. The topological polar surface area (TPSA) is 68.3 Å². The van der Waals surface area contributed by atoms with Crippen molar-refractivity contribution < 1.29 is 16.8 Å². The van der Waals surface area contributed by atoms with Crippen LogP contribution in [0.25, 0.3) is 0 Å². The molecule has 0 saturated heterocycles. The monoisotopic (exact) mass is 392 g/mol. The molecule has 0 aliphatic heterocycles. The first-order chi connectivity index (χ1) is 12.3. The largest absolute Gasteiger partial charge is 0.228 e. The number of hydrogen-bond donors (Lipinski definition) is 0. The van der Waals surface area contributed by atoms with Gasteiger partial charge in [-0.05, 0) is 29.4 Å². The van der Waals surface area contributed by atoms with E-state index in [-0.39, 0.29) is 23.0 Å². The molecule has 1 saturated carbocycles. The third-order valence-electron chi connectivity index (χ3n) is 4.93. The van der Waals surface area contributed by atoms with E-state index < -0.39 is 25.1 Å². The van der Waals surface area contributed by atoms with Gasteiger partial charge in [0.05, 0.1) is 23.0 Å². The van der Waals surface area contributed by atoms with Gasteiger partial charge in [-0.15, -0.1) is 0 Å². The predicted molar refractivity (Wildman–Crippen MR) is 104 cm³/mol. The van der Waals surface area contributed by atoms with Crippen LogP contribution in [0.3, 0.4) is 0 Å². The van der Waals surface area contributed by atoms with E-state index in [9.17, 15) is 16.8 Å². The summed E-state index contributed by atoms with van der Waals surface area (Å²) in [6, 6.07) is 18.1. The Balaban J connectivity index is 1.70. The zero-order chi connectivity index (χ0) is 18.7. The average molecular weight is 393 g/mol. The highest BCUT2D eigenvalue weighted by Gasteiger charge is 2.44. The number of hydrogen-bond acceptors (Lipinski definition) is 4. The lowest BCUT2D eigenvalue weighted by atomic mass is 9.72. The molecule has 26 heavy (non-hydrogen) atoms. The molecule has 2 aromatic rings. The van der Waals surface area contributed by atoms with Crippen LogP contribution in [0.1, 0.15) is 30.4 Å². The summed E-state index contributed by atoms with van der Waals surface area (Å²) in [7, 11) is -6.73. The van der Waals surface area contributed by atoms with Gasteiger partial charge in [0.25, 0.3) is 0 Å². The minimum absolute atomic E-state index is 0.0334. The number of benzene rings is 2. The fourth-order valence-electron chi connectivity index (χ4n) is 3.70. The van der Waals surface area contributed by atoms with Crippen molar-refractivity contribution in [2.24, 2.45) is 5.41 Å². The van der Waals surface area contributed by atoms with E-state index >= 15 is 0 Å². The van der Waals surface area contributed by atoms with Gasteiger partial charge in [0, 0.05) is 0 Å². The summed E-state index contributed by atoms with van der Waals surface area (Å²) in [5.41, 5.74) is 0.865. The lowest BCUT2D eigenvalue weighted by Crippen LogP contribution is -2.43. The van der Waals surface area contributed by atoms with E-state index in [1.807, 2.05) is 36.4 Å². The van der Waals surface area contributed by atoms with Crippen molar-refractivity contribution >= 4 is 19.7 Å². The van der Waals surface area contributed by atoms with E-state index in [0.29, 0.717) is 12.8 Å². The van der Waals surface area contributed by atoms with Gasteiger partial charge in [-0.1, -0.05) is 67.1 Å². The zero-order valence-corrected chi connectivity index (χ0v) is 16.3. The maximum atomic E-state index is 12.7. The Hall–Kier alpha value is -1.66. The Bertz CT molecular complexity index is 854. The molecule has 0 aromatic heterocycles. The minimum atomic E-state index is -3.36. The number of rotatable bonds is 8.